The molecule has 3 nitrogen and oxygen atoms in total. The van der Waals surface area contributed by atoms with Crippen LogP contribution in [0.4, 0.5) is 5.69 Å². The first-order chi connectivity index (χ1) is 7.69. The normalized spacial score (nSPS) is 21.2. The van der Waals surface area contributed by atoms with Gasteiger partial charge in [-0.2, -0.15) is 0 Å². The van der Waals surface area contributed by atoms with E-state index in [9.17, 15) is 0 Å². The van der Waals surface area contributed by atoms with Crippen molar-refractivity contribution in [2.45, 2.75) is 32.4 Å². The van der Waals surface area contributed by atoms with Gasteiger partial charge in [0.2, 0.25) is 0 Å². The van der Waals surface area contributed by atoms with E-state index in [4.69, 9.17) is 10.5 Å². The lowest BCUT2D eigenvalue weighted by Crippen LogP contribution is -2.26. The molecule has 1 atom stereocenters. The lowest BCUT2D eigenvalue weighted by molar-refractivity contribution is 0.260. The number of nitrogens with zero attached hydrogens (tertiary/aromatic N) is 1. The minimum Gasteiger partial charge on any atom is -0.497 e. The summed E-state index contributed by atoms with van der Waals surface area (Å²) in [5.74, 6) is 0.849. The molecule has 1 aromatic carbocycles. The zero-order chi connectivity index (χ0) is 11.5. The number of likely N-dealkylation sites (tertiary alicyclic amines) is 1. The Bertz CT molecular complexity index is 365. The van der Waals surface area contributed by atoms with Gasteiger partial charge >= 0.3 is 0 Å². The fourth-order valence-electron chi connectivity index (χ4n) is 2.36. The first-order valence-electron chi connectivity index (χ1n) is 5.86. The van der Waals surface area contributed by atoms with Crippen molar-refractivity contribution in [1.29, 1.82) is 0 Å². The smallest absolute Gasteiger partial charge is 0.121 e. The van der Waals surface area contributed by atoms with Gasteiger partial charge in [-0.25, -0.2) is 0 Å². The standard InChI is InChI=1S/C13H20N2O/c1-10-4-3-5-15(10)9-11-6-12(14)8-13(7-11)16-2/h6-8,10H,3-5,9,14H2,1-2H3. The van der Waals surface area contributed by atoms with Crippen LogP contribution in [0.5, 0.6) is 5.75 Å². The number of benzene rings is 1. The average molecular weight is 220 g/mol. The second-order valence-corrected chi connectivity index (χ2v) is 4.58. The van der Waals surface area contributed by atoms with E-state index in [0.717, 1.165) is 18.0 Å². The lowest BCUT2D eigenvalue weighted by atomic mass is 10.1. The third-order valence-corrected chi connectivity index (χ3v) is 3.30. The SMILES string of the molecule is COc1cc(N)cc(CN2CCCC2C)c1. The van der Waals surface area contributed by atoms with Crippen LogP contribution in [0.15, 0.2) is 18.2 Å². The molecule has 0 radical (unpaired) electrons. The molecule has 0 aliphatic carbocycles. The van der Waals surface area contributed by atoms with Gasteiger partial charge in [-0.3, -0.25) is 4.90 Å². The van der Waals surface area contributed by atoms with Gasteiger partial charge < -0.3 is 10.5 Å². The Hall–Kier alpha value is -1.22. The molecule has 0 spiro atoms. The predicted octanol–water partition coefficient (Wildman–Crippen LogP) is 2.26. The summed E-state index contributed by atoms with van der Waals surface area (Å²) < 4.78 is 5.23. The van der Waals surface area contributed by atoms with Crippen molar-refractivity contribution in [2.24, 2.45) is 0 Å². The quantitative estimate of drug-likeness (QED) is 0.794. The second-order valence-electron chi connectivity index (χ2n) is 4.58. The van der Waals surface area contributed by atoms with E-state index in [0.29, 0.717) is 6.04 Å². The van der Waals surface area contributed by atoms with Crippen LogP contribution >= 0.6 is 0 Å². The molecular weight excluding hydrogens is 200 g/mol. The number of nitrogen functional groups attached to an aromatic ring is 1. The maximum Gasteiger partial charge on any atom is 0.121 e. The van der Waals surface area contributed by atoms with Crippen LogP contribution in [0.2, 0.25) is 0 Å². The highest BCUT2D eigenvalue weighted by Gasteiger charge is 2.20. The summed E-state index contributed by atoms with van der Waals surface area (Å²) in [6.07, 6.45) is 2.61. The van der Waals surface area contributed by atoms with Gasteiger partial charge in [0.05, 0.1) is 7.11 Å². The maximum atomic E-state index is 5.85. The van der Waals surface area contributed by atoms with Gasteiger partial charge in [0, 0.05) is 24.3 Å². The summed E-state index contributed by atoms with van der Waals surface area (Å²) in [6, 6.07) is 6.65. The lowest BCUT2D eigenvalue weighted by Gasteiger charge is -2.21. The Kier molecular flexibility index (Phi) is 3.34. The predicted molar refractivity (Wildman–Crippen MR) is 66.5 cm³/mol. The molecule has 1 aliphatic rings. The van der Waals surface area contributed by atoms with Gasteiger partial charge in [-0.15, -0.1) is 0 Å². The van der Waals surface area contributed by atoms with Crippen molar-refractivity contribution >= 4 is 5.69 Å². The summed E-state index contributed by atoms with van der Waals surface area (Å²) in [5, 5.41) is 0. The largest absolute Gasteiger partial charge is 0.497 e. The summed E-state index contributed by atoms with van der Waals surface area (Å²) in [6.45, 7) is 4.46. The van der Waals surface area contributed by atoms with Crippen molar-refractivity contribution in [3.05, 3.63) is 23.8 Å². The van der Waals surface area contributed by atoms with E-state index in [1.807, 2.05) is 12.1 Å². The van der Waals surface area contributed by atoms with Crippen LogP contribution < -0.4 is 10.5 Å². The molecule has 0 saturated carbocycles. The van der Waals surface area contributed by atoms with Crippen LogP contribution in [0, 0.1) is 0 Å². The highest BCUT2D eigenvalue weighted by Crippen LogP contribution is 2.23. The number of methoxy groups -OCH3 is 1. The van der Waals surface area contributed by atoms with Crippen molar-refractivity contribution in [3.63, 3.8) is 0 Å². The summed E-state index contributed by atoms with van der Waals surface area (Å²) in [4.78, 5) is 2.49. The second kappa shape index (κ2) is 4.74. The van der Waals surface area contributed by atoms with E-state index < -0.39 is 0 Å². The highest BCUT2D eigenvalue weighted by atomic mass is 16.5. The monoisotopic (exact) mass is 220 g/mol. The fraction of sp³-hybridized carbons (Fsp3) is 0.538. The summed E-state index contributed by atoms with van der Waals surface area (Å²) >= 11 is 0. The molecule has 1 aliphatic heterocycles. The minimum absolute atomic E-state index is 0.687. The Morgan fingerprint density at radius 1 is 1.44 bits per heavy atom. The van der Waals surface area contributed by atoms with Gasteiger partial charge in [-0.1, -0.05) is 0 Å². The molecule has 0 amide bonds. The maximum absolute atomic E-state index is 5.85. The molecule has 1 fully saturated rings. The van der Waals surface area contributed by atoms with Crippen molar-refractivity contribution in [2.75, 3.05) is 19.4 Å². The highest BCUT2D eigenvalue weighted by molar-refractivity contribution is 5.47. The van der Waals surface area contributed by atoms with Gasteiger partial charge in [0.15, 0.2) is 0 Å². The molecule has 16 heavy (non-hydrogen) atoms. The Balaban J connectivity index is 2.11. The zero-order valence-corrected chi connectivity index (χ0v) is 10.1. The molecule has 0 bridgehead atoms. The van der Waals surface area contributed by atoms with E-state index in [2.05, 4.69) is 17.9 Å². The molecule has 2 rings (SSSR count). The summed E-state index contributed by atoms with van der Waals surface area (Å²) in [7, 11) is 1.68. The number of ether oxygens (including phenoxy) is 1. The Labute approximate surface area is 97.2 Å². The fourth-order valence-corrected chi connectivity index (χ4v) is 2.36. The Morgan fingerprint density at radius 2 is 2.25 bits per heavy atom. The molecule has 1 aromatic rings. The number of anilines is 1. The Morgan fingerprint density at radius 3 is 2.88 bits per heavy atom. The van der Waals surface area contributed by atoms with Crippen LogP contribution in [0.25, 0.3) is 0 Å². The van der Waals surface area contributed by atoms with E-state index in [1.165, 1.54) is 24.9 Å². The molecule has 1 saturated heterocycles. The average Bonchev–Trinajstić information content (AvgIpc) is 2.63. The van der Waals surface area contributed by atoms with Crippen LogP contribution in [0.1, 0.15) is 25.3 Å². The third kappa shape index (κ3) is 2.47. The minimum atomic E-state index is 0.687. The first kappa shape index (κ1) is 11.3. The first-order valence-corrected chi connectivity index (χ1v) is 5.86. The van der Waals surface area contributed by atoms with E-state index >= 15 is 0 Å². The topological polar surface area (TPSA) is 38.5 Å². The zero-order valence-electron chi connectivity index (χ0n) is 10.1. The molecule has 1 heterocycles. The van der Waals surface area contributed by atoms with E-state index in [1.54, 1.807) is 7.11 Å². The van der Waals surface area contributed by atoms with Crippen molar-refractivity contribution < 1.29 is 4.74 Å². The molecular formula is C13H20N2O. The molecule has 3 heteroatoms. The number of nitrogens with two attached hydrogens (primary N) is 1. The van der Waals surface area contributed by atoms with E-state index in [-0.39, 0.29) is 0 Å². The van der Waals surface area contributed by atoms with Crippen LogP contribution in [-0.2, 0) is 6.54 Å². The molecule has 0 aromatic heterocycles. The third-order valence-electron chi connectivity index (χ3n) is 3.30. The van der Waals surface area contributed by atoms with Gasteiger partial charge in [0.1, 0.15) is 5.75 Å². The molecule has 1 unspecified atom stereocenters. The van der Waals surface area contributed by atoms with Gasteiger partial charge in [-0.05, 0) is 44.0 Å². The molecule has 2 N–H and O–H groups in total. The summed E-state index contributed by atoms with van der Waals surface area (Å²) in [5.41, 5.74) is 7.87. The van der Waals surface area contributed by atoms with Crippen LogP contribution in [-0.4, -0.2) is 24.6 Å². The number of rotatable bonds is 3. The van der Waals surface area contributed by atoms with Crippen molar-refractivity contribution in [1.82, 2.24) is 4.90 Å². The number of hydrogen-bond acceptors (Lipinski definition) is 3. The molecule has 88 valence electrons. The van der Waals surface area contributed by atoms with Gasteiger partial charge in [0.25, 0.3) is 0 Å². The number of hydrogen-bond donors (Lipinski definition) is 1. The van der Waals surface area contributed by atoms with Crippen LogP contribution in [0.3, 0.4) is 0 Å². The van der Waals surface area contributed by atoms with Crippen molar-refractivity contribution in [3.8, 4) is 5.75 Å².